The summed E-state index contributed by atoms with van der Waals surface area (Å²) in [5.41, 5.74) is 0. The standard InChI is InChI=1S/C9H11Br2NO2S/c1-14-5-6(10)4-12-9(13)7-2-3-8(11)15-7/h2-3,6H,4-5H2,1H3,(H,12,13). The molecule has 0 saturated heterocycles. The summed E-state index contributed by atoms with van der Waals surface area (Å²) in [7, 11) is 1.63. The maximum Gasteiger partial charge on any atom is 0.261 e. The molecule has 0 fully saturated rings. The fourth-order valence-corrected chi connectivity index (χ4v) is 2.70. The molecule has 1 amide bonds. The second-order valence-corrected chi connectivity index (χ2v) is 6.62. The van der Waals surface area contributed by atoms with Gasteiger partial charge in [0.2, 0.25) is 0 Å². The predicted molar refractivity (Wildman–Crippen MR) is 68.9 cm³/mol. The highest BCUT2D eigenvalue weighted by Crippen LogP contribution is 2.21. The van der Waals surface area contributed by atoms with E-state index in [1.165, 1.54) is 11.3 Å². The first-order valence-corrected chi connectivity index (χ1v) is 6.82. The number of nitrogens with one attached hydrogen (secondary N) is 1. The van der Waals surface area contributed by atoms with E-state index in [1.807, 2.05) is 6.07 Å². The van der Waals surface area contributed by atoms with Crippen molar-refractivity contribution >= 4 is 49.1 Å². The molecule has 1 heterocycles. The molecule has 0 aromatic carbocycles. The Morgan fingerprint density at radius 1 is 1.67 bits per heavy atom. The van der Waals surface area contributed by atoms with Crippen molar-refractivity contribution in [3.8, 4) is 0 Å². The largest absolute Gasteiger partial charge is 0.383 e. The van der Waals surface area contributed by atoms with E-state index in [9.17, 15) is 4.79 Å². The molecule has 1 atom stereocenters. The van der Waals surface area contributed by atoms with Crippen LogP contribution in [-0.4, -0.2) is 31.0 Å². The van der Waals surface area contributed by atoms with Gasteiger partial charge in [0, 0.05) is 13.7 Å². The van der Waals surface area contributed by atoms with Crippen LogP contribution in [0.5, 0.6) is 0 Å². The lowest BCUT2D eigenvalue weighted by atomic mass is 10.4. The molecule has 1 aromatic heterocycles. The summed E-state index contributed by atoms with van der Waals surface area (Å²) in [4.78, 5) is 12.4. The van der Waals surface area contributed by atoms with Crippen LogP contribution in [-0.2, 0) is 4.74 Å². The Morgan fingerprint density at radius 3 is 2.93 bits per heavy atom. The minimum Gasteiger partial charge on any atom is -0.383 e. The molecule has 15 heavy (non-hydrogen) atoms. The summed E-state index contributed by atoms with van der Waals surface area (Å²) < 4.78 is 5.90. The molecule has 0 aliphatic rings. The number of ether oxygens (including phenoxy) is 1. The fraction of sp³-hybridized carbons (Fsp3) is 0.444. The van der Waals surface area contributed by atoms with Crippen LogP contribution in [0.2, 0.25) is 0 Å². The van der Waals surface area contributed by atoms with Gasteiger partial charge in [0.15, 0.2) is 0 Å². The number of hydrogen-bond donors (Lipinski definition) is 1. The molecule has 0 aliphatic carbocycles. The van der Waals surface area contributed by atoms with E-state index >= 15 is 0 Å². The summed E-state index contributed by atoms with van der Waals surface area (Å²) >= 11 is 8.13. The Hall–Kier alpha value is 0.0900. The van der Waals surface area contributed by atoms with E-state index in [1.54, 1.807) is 13.2 Å². The van der Waals surface area contributed by atoms with Crippen LogP contribution in [0, 0.1) is 0 Å². The van der Waals surface area contributed by atoms with Crippen LogP contribution in [0.3, 0.4) is 0 Å². The van der Waals surface area contributed by atoms with Crippen molar-refractivity contribution in [1.82, 2.24) is 5.32 Å². The molecule has 1 rings (SSSR count). The van der Waals surface area contributed by atoms with Gasteiger partial charge < -0.3 is 10.1 Å². The number of rotatable bonds is 5. The van der Waals surface area contributed by atoms with Gasteiger partial charge in [-0.2, -0.15) is 0 Å². The average molecular weight is 357 g/mol. The van der Waals surface area contributed by atoms with Gasteiger partial charge >= 0.3 is 0 Å². The van der Waals surface area contributed by atoms with E-state index in [4.69, 9.17) is 4.74 Å². The number of alkyl halides is 1. The second-order valence-electron chi connectivity index (χ2n) is 2.87. The summed E-state index contributed by atoms with van der Waals surface area (Å²) in [5, 5.41) is 2.82. The van der Waals surface area contributed by atoms with Gasteiger partial charge in [-0.05, 0) is 28.1 Å². The summed E-state index contributed by atoms with van der Waals surface area (Å²) in [5.74, 6) is -0.0498. The third-order valence-corrected chi connectivity index (χ3v) is 3.84. The van der Waals surface area contributed by atoms with Gasteiger partial charge in [-0.1, -0.05) is 15.9 Å². The highest BCUT2D eigenvalue weighted by Gasteiger charge is 2.10. The number of halogens is 2. The van der Waals surface area contributed by atoms with Gasteiger partial charge in [-0.15, -0.1) is 11.3 Å². The molecule has 0 spiro atoms. The fourth-order valence-electron chi connectivity index (χ4n) is 0.967. The van der Waals surface area contributed by atoms with Gasteiger partial charge in [-0.25, -0.2) is 0 Å². The molecular formula is C9H11Br2NO2S. The number of carbonyl (C=O) groups excluding carboxylic acids is 1. The van der Waals surface area contributed by atoms with Gasteiger partial charge in [0.05, 0.1) is 20.1 Å². The Bertz CT molecular complexity index is 330. The number of amides is 1. The van der Waals surface area contributed by atoms with Gasteiger partial charge in [0.25, 0.3) is 5.91 Å². The lowest BCUT2D eigenvalue weighted by Crippen LogP contribution is -2.30. The molecule has 0 saturated carbocycles. The maximum absolute atomic E-state index is 11.6. The van der Waals surface area contributed by atoms with Crippen molar-refractivity contribution in [3.63, 3.8) is 0 Å². The minimum absolute atomic E-state index is 0.0498. The highest BCUT2D eigenvalue weighted by molar-refractivity contribution is 9.11. The zero-order valence-corrected chi connectivity index (χ0v) is 12.1. The summed E-state index contributed by atoms with van der Waals surface area (Å²) in [6.07, 6.45) is 0. The van der Waals surface area contributed by atoms with E-state index < -0.39 is 0 Å². The van der Waals surface area contributed by atoms with Crippen molar-refractivity contribution < 1.29 is 9.53 Å². The zero-order chi connectivity index (χ0) is 11.3. The molecule has 1 N–H and O–H groups in total. The molecule has 6 heteroatoms. The van der Waals surface area contributed by atoms with E-state index in [0.29, 0.717) is 18.0 Å². The first-order valence-electron chi connectivity index (χ1n) is 4.30. The Kier molecular flexibility index (Phi) is 5.81. The van der Waals surface area contributed by atoms with E-state index in [0.717, 1.165) is 3.79 Å². The Morgan fingerprint density at radius 2 is 2.40 bits per heavy atom. The molecule has 0 radical (unpaired) electrons. The van der Waals surface area contributed by atoms with Gasteiger partial charge in [0.1, 0.15) is 0 Å². The molecular weight excluding hydrogens is 346 g/mol. The van der Waals surface area contributed by atoms with Crippen molar-refractivity contribution in [3.05, 3.63) is 20.8 Å². The quantitative estimate of drug-likeness (QED) is 0.823. The van der Waals surface area contributed by atoms with Crippen LogP contribution in [0.15, 0.2) is 15.9 Å². The molecule has 1 aromatic rings. The number of methoxy groups -OCH3 is 1. The summed E-state index contributed by atoms with van der Waals surface area (Å²) in [6, 6.07) is 3.66. The summed E-state index contributed by atoms with van der Waals surface area (Å²) in [6.45, 7) is 1.14. The molecule has 1 unspecified atom stereocenters. The Balaban J connectivity index is 2.36. The van der Waals surface area contributed by atoms with Crippen molar-refractivity contribution in [2.45, 2.75) is 4.83 Å². The highest BCUT2D eigenvalue weighted by atomic mass is 79.9. The third kappa shape index (κ3) is 4.63. The van der Waals surface area contributed by atoms with Crippen molar-refractivity contribution in [1.29, 1.82) is 0 Å². The van der Waals surface area contributed by atoms with Crippen molar-refractivity contribution in [2.75, 3.05) is 20.3 Å². The maximum atomic E-state index is 11.6. The molecule has 3 nitrogen and oxygen atoms in total. The zero-order valence-electron chi connectivity index (χ0n) is 8.13. The van der Waals surface area contributed by atoms with Crippen molar-refractivity contribution in [2.24, 2.45) is 0 Å². The lowest BCUT2D eigenvalue weighted by Gasteiger charge is -2.08. The van der Waals surface area contributed by atoms with Crippen LogP contribution >= 0.6 is 43.2 Å². The smallest absolute Gasteiger partial charge is 0.261 e. The topological polar surface area (TPSA) is 38.3 Å². The predicted octanol–water partition coefficient (Wildman–Crippen LogP) is 2.65. The van der Waals surface area contributed by atoms with E-state index in [-0.39, 0.29) is 10.7 Å². The van der Waals surface area contributed by atoms with Crippen LogP contribution in [0.4, 0.5) is 0 Å². The van der Waals surface area contributed by atoms with Gasteiger partial charge in [-0.3, -0.25) is 4.79 Å². The lowest BCUT2D eigenvalue weighted by molar-refractivity contribution is 0.0954. The van der Waals surface area contributed by atoms with Crippen LogP contribution < -0.4 is 5.32 Å². The Labute approximate surface area is 109 Å². The molecule has 0 aliphatic heterocycles. The first-order chi connectivity index (χ1) is 7.13. The van der Waals surface area contributed by atoms with E-state index in [2.05, 4.69) is 37.2 Å². The minimum atomic E-state index is -0.0498. The SMILES string of the molecule is COCC(Br)CNC(=O)c1ccc(Br)s1. The molecule has 0 bridgehead atoms. The second kappa shape index (κ2) is 6.62. The monoisotopic (exact) mass is 355 g/mol. The van der Waals surface area contributed by atoms with Crippen LogP contribution in [0.25, 0.3) is 0 Å². The first kappa shape index (κ1) is 13.2. The number of hydrogen-bond acceptors (Lipinski definition) is 3. The number of thiophene rings is 1. The third-order valence-electron chi connectivity index (χ3n) is 1.63. The normalized spacial score (nSPS) is 12.5. The van der Waals surface area contributed by atoms with Crippen LogP contribution in [0.1, 0.15) is 9.67 Å². The molecule has 84 valence electrons. The number of carbonyl (C=O) groups is 1. The average Bonchev–Trinajstić information content (AvgIpc) is 2.62.